The molecule has 0 spiro atoms. The van der Waals surface area contributed by atoms with E-state index in [-0.39, 0.29) is 17.5 Å². The van der Waals surface area contributed by atoms with Gasteiger partial charge in [-0.05, 0) is 32.3 Å². The molecule has 7 nitrogen and oxygen atoms in total. The highest BCUT2D eigenvalue weighted by atomic mass is 16.5. The first-order chi connectivity index (χ1) is 11.6. The molecule has 24 heavy (non-hydrogen) atoms. The molecule has 2 aromatic rings. The van der Waals surface area contributed by atoms with Gasteiger partial charge in [0.1, 0.15) is 17.1 Å². The molecule has 0 N–H and O–H groups in total. The van der Waals surface area contributed by atoms with Crippen LogP contribution in [0.3, 0.4) is 0 Å². The monoisotopic (exact) mass is 330 g/mol. The summed E-state index contributed by atoms with van der Waals surface area (Å²) >= 11 is 0. The molecule has 7 heteroatoms. The number of aromatic nitrogens is 3. The number of unbranched alkanes of at least 4 members (excludes halogenated alkanes) is 1. The van der Waals surface area contributed by atoms with Crippen LogP contribution in [0.1, 0.15) is 60.6 Å². The minimum atomic E-state index is -0.176. The highest BCUT2D eigenvalue weighted by Gasteiger charge is 2.33. The Morgan fingerprint density at radius 2 is 2.25 bits per heavy atom. The average molecular weight is 330 g/mol. The minimum absolute atomic E-state index is 0.0900. The van der Waals surface area contributed by atoms with E-state index in [1.54, 1.807) is 4.90 Å². The van der Waals surface area contributed by atoms with Gasteiger partial charge < -0.3 is 9.42 Å². The second-order valence-electron chi connectivity index (χ2n) is 6.15. The molecule has 3 heterocycles. The van der Waals surface area contributed by atoms with E-state index in [9.17, 15) is 9.59 Å². The van der Waals surface area contributed by atoms with Crippen LogP contribution in [0.4, 0.5) is 0 Å². The predicted molar refractivity (Wildman–Crippen MR) is 87.7 cm³/mol. The number of carbonyl (C=O) groups is 1. The van der Waals surface area contributed by atoms with Gasteiger partial charge in [0.25, 0.3) is 11.5 Å². The van der Waals surface area contributed by atoms with Gasteiger partial charge in [-0.2, -0.15) is 5.10 Å². The van der Waals surface area contributed by atoms with Gasteiger partial charge in [0.2, 0.25) is 0 Å². The normalized spacial score (nSPS) is 17.4. The molecule has 1 atom stereocenters. The molecular formula is C17H22N4O3. The van der Waals surface area contributed by atoms with Crippen LogP contribution in [0.15, 0.2) is 27.5 Å². The summed E-state index contributed by atoms with van der Waals surface area (Å²) in [7, 11) is 0. The number of rotatable bonds is 5. The Labute approximate surface area is 140 Å². The van der Waals surface area contributed by atoms with Crippen molar-refractivity contribution in [2.75, 3.05) is 6.54 Å². The molecule has 0 bridgehead atoms. The van der Waals surface area contributed by atoms with Gasteiger partial charge in [0, 0.05) is 25.2 Å². The van der Waals surface area contributed by atoms with Crippen LogP contribution in [0, 0.1) is 6.92 Å². The molecule has 1 amide bonds. The number of hydrogen-bond acceptors (Lipinski definition) is 5. The molecule has 0 aromatic carbocycles. The third kappa shape index (κ3) is 3.25. The van der Waals surface area contributed by atoms with Gasteiger partial charge >= 0.3 is 0 Å². The summed E-state index contributed by atoms with van der Waals surface area (Å²) in [6.45, 7) is 5.07. The number of hydrogen-bond donors (Lipinski definition) is 0. The van der Waals surface area contributed by atoms with Crippen LogP contribution in [0.2, 0.25) is 0 Å². The van der Waals surface area contributed by atoms with Gasteiger partial charge in [-0.25, -0.2) is 4.68 Å². The first-order valence-electron chi connectivity index (χ1n) is 8.42. The van der Waals surface area contributed by atoms with Crippen molar-refractivity contribution >= 4 is 5.91 Å². The maximum Gasteiger partial charge on any atom is 0.274 e. The minimum Gasteiger partial charge on any atom is -0.361 e. The van der Waals surface area contributed by atoms with Gasteiger partial charge in [-0.15, -0.1) is 0 Å². The predicted octanol–water partition coefficient (Wildman–Crippen LogP) is 2.32. The SMILES string of the molecule is CCCCn1nc(C(=O)N2CCC[C@H]2c2cc(C)on2)ccc1=O. The fourth-order valence-corrected chi connectivity index (χ4v) is 3.04. The van der Waals surface area contributed by atoms with Crippen molar-refractivity contribution in [2.45, 2.75) is 52.1 Å². The zero-order valence-electron chi connectivity index (χ0n) is 14.1. The summed E-state index contributed by atoms with van der Waals surface area (Å²) in [5.74, 6) is 0.568. The Morgan fingerprint density at radius 1 is 1.42 bits per heavy atom. The van der Waals surface area contributed by atoms with E-state index in [0.29, 0.717) is 18.8 Å². The first-order valence-corrected chi connectivity index (χ1v) is 8.42. The summed E-state index contributed by atoms with van der Waals surface area (Å²) < 4.78 is 6.52. The Morgan fingerprint density at radius 3 is 2.96 bits per heavy atom. The third-order valence-corrected chi connectivity index (χ3v) is 4.31. The quantitative estimate of drug-likeness (QED) is 0.840. The van der Waals surface area contributed by atoms with Crippen LogP contribution < -0.4 is 5.56 Å². The first kappa shape index (κ1) is 16.4. The maximum absolute atomic E-state index is 12.9. The van der Waals surface area contributed by atoms with Crippen molar-refractivity contribution < 1.29 is 9.32 Å². The van der Waals surface area contributed by atoms with E-state index in [0.717, 1.165) is 37.1 Å². The van der Waals surface area contributed by atoms with Crippen LogP contribution >= 0.6 is 0 Å². The van der Waals surface area contributed by atoms with Crippen molar-refractivity contribution in [2.24, 2.45) is 0 Å². The topological polar surface area (TPSA) is 81.2 Å². The Kier molecular flexibility index (Phi) is 4.78. The fraction of sp³-hybridized carbons (Fsp3) is 0.529. The molecule has 1 fully saturated rings. The van der Waals surface area contributed by atoms with Crippen LogP contribution in [0.25, 0.3) is 0 Å². The lowest BCUT2D eigenvalue weighted by atomic mass is 10.1. The zero-order chi connectivity index (χ0) is 17.1. The van der Waals surface area contributed by atoms with E-state index >= 15 is 0 Å². The lowest BCUT2D eigenvalue weighted by Gasteiger charge is -2.22. The average Bonchev–Trinajstić information content (AvgIpc) is 3.22. The van der Waals surface area contributed by atoms with Crippen molar-refractivity contribution in [1.82, 2.24) is 19.8 Å². The summed E-state index contributed by atoms with van der Waals surface area (Å²) in [6, 6.07) is 4.71. The summed E-state index contributed by atoms with van der Waals surface area (Å²) in [5, 5.41) is 8.31. The zero-order valence-corrected chi connectivity index (χ0v) is 14.1. The molecule has 0 aliphatic carbocycles. The van der Waals surface area contributed by atoms with Crippen molar-refractivity contribution in [3.63, 3.8) is 0 Å². The highest BCUT2D eigenvalue weighted by molar-refractivity contribution is 5.92. The Bertz CT molecular complexity index is 780. The molecule has 2 aromatic heterocycles. The van der Waals surface area contributed by atoms with E-state index in [1.165, 1.54) is 16.8 Å². The van der Waals surface area contributed by atoms with E-state index < -0.39 is 0 Å². The largest absolute Gasteiger partial charge is 0.361 e. The molecule has 128 valence electrons. The summed E-state index contributed by atoms with van der Waals surface area (Å²) in [4.78, 5) is 26.5. The smallest absolute Gasteiger partial charge is 0.274 e. The lowest BCUT2D eigenvalue weighted by molar-refractivity contribution is 0.0721. The molecule has 0 unspecified atom stereocenters. The number of likely N-dealkylation sites (tertiary alicyclic amines) is 1. The van der Waals surface area contributed by atoms with Gasteiger partial charge in [-0.1, -0.05) is 18.5 Å². The van der Waals surface area contributed by atoms with Crippen molar-refractivity contribution in [1.29, 1.82) is 0 Å². The molecule has 1 saturated heterocycles. The lowest BCUT2D eigenvalue weighted by Crippen LogP contribution is -2.33. The Hall–Kier alpha value is -2.44. The molecular weight excluding hydrogens is 308 g/mol. The van der Waals surface area contributed by atoms with Crippen molar-refractivity contribution in [3.05, 3.63) is 45.7 Å². The fourth-order valence-electron chi connectivity index (χ4n) is 3.04. The van der Waals surface area contributed by atoms with Gasteiger partial charge in [0.15, 0.2) is 0 Å². The van der Waals surface area contributed by atoms with E-state index in [4.69, 9.17) is 4.52 Å². The molecule has 1 aliphatic rings. The number of nitrogens with zero attached hydrogens (tertiary/aromatic N) is 4. The van der Waals surface area contributed by atoms with Crippen LogP contribution in [-0.4, -0.2) is 32.3 Å². The summed E-state index contributed by atoms with van der Waals surface area (Å²) in [5.41, 5.74) is 0.903. The second kappa shape index (κ2) is 6.98. The Balaban J connectivity index is 1.84. The van der Waals surface area contributed by atoms with Crippen LogP contribution in [-0.2, 0) is 6.54 Å². The van der Waals surface area contributed by atoms with Gasteiger partial charge in [-0.3, -0.25) is 9.59 Å². The number of amides is 1. The van der Waals surface area contributed by atoms with Crippen molar-refractivity contribution in [3.8, 4) is 0 Å². The highest BCUT2D eigenvalue weighted by Crippen LogP contribution is 2.32. The number of carbonyl (C=O) groups excluding carboxylic acids is 1. The standard InChI is InChI=1S/C17H22N4O3/c1-3-4-10-21-16(22)8-7-13(18-21)17(23)20-9-5-6-15(20)14-11-12(2)24-19-14/h7-8,11,15H,3-6,9-10H2,1-2H3/t15-/m0/s1. The van der Waals surface area contributed by atoms with Gasteiger partial charge in [0.05, 0.1) is 6.04 Å². The molecule has 0 saturated carbocycles. The maximum atomic E-state index is 12.9. The van der Waals surface area contributed by atoms with Crippen LogP contribution in [0.5, 0.6) is 0 Å². The number of aryl methyl sites for hydroxylation is 2. The third-order valence-electron chi connectivity index (χ3n) is 4.31. The molecule has 3 rings (SSSR count). The van der Waals surface area contributed by atoms with E-state index in [2.05, 4.69) is 17.2 Å². The van der Waals surface area contributed by atoms with E-state index in [1.807, 2.05) is 13.0 Å². The second-order valence-corrected chi connectivity index (χ2v) is 6.15. The molecule has 1 aliphatic heterocycles. The molecule has 0 radical (unpaired) electrons. The summed E-state index contributed by atoms with van der Waals surface area (Å²) in [6.07, 6.45) is 3.59.